The smallest absolute Gasteiger partial charge is 0.248 e. The molecule has 3 aromatic carbocycles. The van der Waals surface area contributed by atoms with Gasteiger partial charge in [0, 0.05) is 11.3 Å². The Morgan fingerprint density at radius 3 is 2.56 bits per heavy atom. The standard InChI is InChI=1S/C21H19N5O/c1-2-15-7-9-17(10-8-15)21-23-25-26(24-21)14-20(27)22-19-12-11-16-5-3-4-6-18(16)13-19/h3-13H,2,14H2,1H3,(H,22,27). The van der Waals surface area contributed by atoms with Crippen LogP contribution in [-0.4, -0.2) is 26.1 Å². The van der Waals surface area contributed by atoms with Gasteiger partial charge in [-0.15, -0.1) is 10.2 Å². The van der Waals surface area contributed by atoms with Gasteiger partial charge in [0.2, 0.25) is 11.7 Å². The van der Waals surface area contributed by atoms with Crippen molar-refractivity contribution < 1.29 is 4.79 Å². The van der Waals surface area contributed by atoms with Gasteiger partial charge >= 0.3 is 0 Å². The van der Waals surface area contributed by atoms with Crippen molar-refractivity contribution >= 4 is 22.4 Å². The first-order valence-electron chi connectivity index (χ1n) is 8.87. The molecule has 0 aliphatic rings. The number of hydrogen-bond donors (Lipinski definition) is 1. The average Bonchev–Trinajstić information content (AvgIpc) is 3.16. The molecule has 0 fully saturated rings. The van der Waals surface area contributed by atoms with Crippen molar-refractivity contribution in [1.82, 2.24) is 20.2 Å². The van der Waals surface area contributed by atoms with Crippen molar-refractivity contribution in [1.29, 1.82) is 0 Å². The summed E-state index contributed by atoms with van der Waals surface area (Å²) in [6.45, 7) is 2.12. The zero-order chi connectivity index (χ0) is 18.6. The van der Waals surface area contributed by atoms with Gasteiger partial charge in [0.15, 0.2) is 0 Å². The van der Waals surface area contributed by atoms with Gasteiger partial charge in [-0.1, -0.05) is 61.5 Å². The van der Waals surface area contributed by atoms with E-state index in [0.717, 1.165) is 28.4 Å². The number of fused-ring (bicyclic) bond motifs is 1. The molecule has 0 radical (unpaired) electrons. The molecular weight excluding hydrogens is 338 g/mol. The van der Waals surface area contributed by atoms with Crippen LogP contribution in [0.3, 0.4) is 0 Å². The SMILES string of the molecule is CCc1ccc(-c2nnn(CC(=O)Nc3ccc4ccccc4c3)n2)cc1. The number of aryl methyl sites for hydroxylation is 1. The topological polar surface area (TPSA) is 72.7 Å². The molecule has 0 aliphatic heterocycles. The van der Waals surface area contributed by atoms with Crippen molar-refractivity contribution in [3.05, 3.63) is 72.3 Å². The molecule has 4 aromatic rings. The molecule has 0 saturated carbocycles. The third-order valence-corrected chi connectivity index (χ3v) is 4.39. The molecule has 27 heavy (non-hydrogen) atoms. The zero-order valence-electron chi connectivity index (χ0n) is 15.0. The summed E-state index contributed by atoms with van der Waals surface area (Å²) in [5.74, 6) is 0.312. The normalized spacial score (nSPS) is 10.9. The van der Waals surface area contributed by atoms with E-state index in [2.05, 4.69) is 27.7 Å². The predicted molar refractivity (Wildman–Crippen MR) is 105 cm³/mol. The first-order chi connectivity index (χ1) is 13.2. The molecule has 0 saturated heterocycles. The maximum atomic E-state index is 12.3. The summed E-state index contributed by atoms with van der Waals surface area (Å²) in [6, 6.07) is 21.9. The second-order valence-electron chi connectivity index (χ2n) is 6.30. The molecule has 134 valence electrons. The van der Waals surface area contributed by atoms with Gasteiger partial charge in [0.1, 0.15) is 6.54 Å². The number of benzene rings is 3. The number of anilines is 1. The van der Waals surface area contributed by atoms with Crippen LogP contribution in [0.15, 0.2) is 66.7 Å². The molecule has 4 rings (SSSR count). The number of nitrogens with one attached hydrogen (secondary N) is 1. The third kappa shape index (κ3) is 3.84. The number of rotatable bonds is 5. The number of amides is 1. The summed E-state index contributed by atoms with van der Waals surface area (Å²) < 4.78 is 0. The number of tetrazole rings is 1. The number of hydrogen-bond acceptors (Lipinski definition) is 4. The van der Waals surface area contributed by atoms with Crippen LogP contribution in [0.5, 0.6) is 0 Å². The van der Waals surface area contributed by atoms with Crippen LogP contribution in [0, 0.1) is 0 Å². The molecule has 1 aromatic heterocycles. The van der Waals surface area contributed by atoms with Crippen LogP contribution in [0.4, 0.5) is 5.69 Å². The Bertz CT molecular complexity index is 1090. The molecule has 0 spiro atoms. The van der Waals surface area contributed by atoms with Gasteiger partial charge in [0.25, 0.3) is 0 Å². The lowest BCUT2D eigenvalue weighted by Crippen LogP contribution is -2.20. The summed E-state index contributed by atoms with van der Waals surface area (Å²) in [5.41, 5.74) is 2.88. The van der Waals surface area contributed by atoms with Crippen LogP contribution in [-0.2, 0) is 17.8 Å². The molecule has 6 nitrogen and oxygen atoms in total. The number of carbonyl (C=O) groups excluding carboxylic acids is 1. The van der Waals surface area contributed by atoms with Crippen molar-refractivity contribution in [2.24, 2.45) is 0 Å². The molecule has 0 unspecified atom stereocenters. The molecule has 1 heterocycles. The molecule has 0 bridgehead atoms. The van der Waals surface area contributed by atoms with Crippen LogP contribution in [0.1, 0.15) is 12.5 Å². The zero-order valence-corrected chi connectivity index (χ0v) is 15.0. The lowest BCUT2D eigenvalue weighted by atomic mass is 10.1. The maximum Gasteiger partial charge on any atom is 0.248 e. The van der Waals surface area contributed by atoms with Crippen LogP contribution < -0.4 is 5.32 Å². The quantitative estimate of drug-likeness (QED) is 0.591. The van der Waals surface area contributed by atoms with E-state index in [4.69, 9.17) is 0 Å². The predicted octanol–water partition coefficient (Wildman–Crippen LogP) is 3.69. The Hall–Kier alpha value is -3.54. The molecule has 1 N–H and O–H groups in total. The van der Waals surface area contributed by atoms with Gasteiger partial charge < -0.3 is 5.32 Å². The number of nitrogens with zero attached hydrogens (tertiary/aromatic N) is 4. The molecule has 6 heteroatoms. The lowest BCUT2D eigenvalue weighted by Gasteiger charge is -2.06. The van der Waals surface area contributed by atoms with E-state index in [0.29, 0.717) is 5.82 Å². The highest BCUT2D eigenvalue weighted by Crippen LogP contribution is 2.19. The van der Waals surface area contributed by atoms with Crippen molar-refractivity contribution in [3.8, 4) is 11.4 Å². The fraction of sp³-hybridized carbons (Fsp3) is 0.143. The van der Waals surface area contributed by atoms with Gasteiger partial charge in [-0.2, -0.15) is 4.80 Å². The summed E-state index contributed by atoms with van der Waals surface area (Å²) in [4.78, 5) is 13.6. The third-order valence-electron chi connectivity index (χ3n) is 4.39. The van der Waals surface area contributed by atoms with Crippen molar-refractivity contribution in [3.63, 3.8) is 0 Å². The Morgan fingerprint density at radius 1 is 1.00 bits per heavy atom. The Labute approximate surface area is 156 Å². The summed E-state index contributed by atoms with van der Waals surface area (Å²) >= 11 is 0. The first kappa shape index (κ1) is 16.9. The van der Waals surface area contributed by atoms with Crippen LogP contribution in [0.2, 0.25) is 0 Å². The Morgan fingerprint density at radius 2 is 1.78 bits per heavy atom. The van der Waals surface area contributed by atoms with Crippen molar-refractivity contribution in [2.75, 3.05) is 5.32 Å². The molecule has 0 atom stereocenters. The minimum Gasteiger partial charge on any atom is -0.324 e. The van der Waals surface area contributed by atoms with Gasteiger partial charge in [-0.05, 0) is 40.1 Å². The summed E-state index contributed by atoms with van der Waals surface area (Å²) in [7, 11) is 0. The summed E-state index contributed by atoms with van der Waals surface area (Å²) in [5, 5.41) is 17.4. The fourth-order valence-electron chi connectivity index (χ4n) is 2.91. The highest BCUT2D eigenvalue weighted by molar-refractivity contribution is 5.94. The van der Waals surface area contributed by atoms with Gasteiger partial charge in [-0.25, -0.2) is 0 Å². The Kier molecular flexibility index (Phi) is 4.61. The van der Waals surface area contributed by atoms with Gasteiger partial charge in [0.05, 0.1) is 0 Å². The van der Waals surface area contributed by atoms with E-state index in [1.54, 1.807) is 0 Å². The fourth-order valence-corrected chi connectivity index (χ4v) is 2.91. The molecule has 0 aliphatic carbocycles. The van der Waals surface area contributed by atoms with E-state index in [9.17, 15) is 4.79 Å². The van der Waals surface area contributed by atoms with Crippen LogP contribution >= 0.6 is 0 Å². The van der Waals surface area contributed by atoms with Crippen molar-refractivity contribution in [2.45, 2.75) is 19.9 Å². The highest BCUT2D eigenvalue weighted by atomic mass is 16.2. The highest BCUT2D eigenvalue weighted by Gasteiger charge is 2.10. The van der Waals surface area contributed by atoms with Crippen LogP contribution in [0.25, 0.3) is 22.2 Å². The van der Waals surface area contributed by atoms with Gasteiger partial charge in [-0.3, -0.25) is 4.79 Å². The molecule has 1 amide bonds. The second-order valence-corrected chi connectivity index (χ2v) is 6.30. The van der Waals surface area contributed by atoms with E-state index in [1.807, 2.05) is 66.7 Å². The monoisotopic (exact) mass is 357 g/mol. The number of carbonyl (C=O) groups is 1. The van der Waals surface area contributed by atoms with E-state index < -0.39 is 0 Å². The minimum absolute atomic E-state index is 0.00682. The van der Waals surface area contributed by atoms with E-state index >= 15 is 0 Å². The van der Waals surface area contributed by atoms with E-state index in [-0.39, 0.29) is 12.5 Å². The first-order valence-corrected chi connectivity index (χ1v) is 8.87. The largest absolute Gasteiger partial charge is 0.324 e. The lowest BCUT2D eigenvalue weighted by molar-refractivity contribution is -0.117. The summed E-state index contributed by atoms with van der Waals surface area (Å²) in [6.07, 6.45) is 0.981. The maximum absolute atomic E-state index is 12.3. The average molecular weight is 357 g/mol. The molecular formula is C21H19N5O. The second kappa shape index (κ2) is 7.37. The minimum atomic E-state index is -0.199. The Balaban J connectivity index is 1.43. The number of aromatic nitrogens is 4. The van der Waals surface area contributed by atoms with E-state index in [1.165, 1.54) is 10.4 Å².